The smallest absolute Gasteiger partial charge is 0.233 e. The van der Waals surface area contributed by atoms with Crippen LogP contribution in [0.25, 0.3) is 0 Å². The van der Waals surface area contributed by atoms with Crippen molar-refractivity contribution >= 4 is 5.91 Å². The number of benzene rings is 3. The van der Waals surface area contributed by atoms with E-state index in [1.165, 1.54) is 5.56 Å². The van der Waals surface area contributed by atoms with Gasteiger partial charge in [-0.1, -0.05) is 72.8 Å². The summed E-state index contributed by atoms with van der Waals surface area (Å²) in [6, 6.07) is 28.5. The molecule has 2 N–H and O–H groups in total. The molecule has 0 atom stereocenters. The van der Waals surface area contributed by atoms with Crippen LogP contribution < -0.4 is 15.4 Å². The molecule has 4 nitrogen and oxygen atoms in total. The zero-order valence-corrected chi connectivity index (χ0v) is 17.3. The van der Waals surface area contributed by atoms with Crippen LogP contribution in [-0.4, -0.2) is 19.0 Å². The molecule has 0 saturated carbocycles. The molecule has 4 heteroatoms. The number of hydrogen-bond acceptors (Lipinski definition) is 3. The first-order valence-corrected chi connectivity index (χ1v) is 10.6. The average Bonchev–Trinajstić information content (AvgIpc) is 2.80. The molecule has 0 fully saturated rings. The molecule has 0 aliphatic rings. The van der Waals surface area contributed by atoms with Crippen molar-refractivity contribution in [3.63, 3.8) is 0 Å². The number of unbranched alkanes of at least 4 members (excludes halogenated alkanes) is 1. The monoisotopic (exact) mass is 402 g/mol. The second-order valence-corrected chi connectivity index (χ2v) is 7.31. The molecule has 0 bridgehead atoms. The summed E-state index contributed by atoms with van der Waals surface area (Å²) < 4.78 is 5.80. The lowest BCUT2D eigenvalue weighted by molar-refractivity contribution is -0.120. The van der Waals surface area contributed by atoms with Crippen molar-refractivity contribution < 1.29 is 9.53 Å². The van der Waals surface area contributed by atoms with E-state index in [2.05, 4.69) is 34.9 Å². The average molecular weight is 403 g/mol. The topological polar surface area (TPSA) is 50.4 Å². The number of hydrogen-bond donors (Lipinski definition) is 2. The van der Waals surface area contributed by atoms with E-state index in [1.807, 2.05) is 60.7 Å². The van der Waals surface area contributed by atoms with Crippen LogP contribution in [0.3, 0.4) is 0 Å². The van der Waals surface area contributed by atoms with Gasteiger partial charge in [0.25, 0.3) is 0 Å². The zero-order chi connectivity index (χ0) is 20.9. The fourth-order valence-corrected chi connectivity index (χ4v) is 3.15. The number of ether oxygens (including phenoxy) is 1. The van der Waals surface area contributed by atoms with Crippen LogP contribution in [-0.2, 0) is 24.4 Å². The van der Waals surface area contributed by atoms with Gasteiger partial charge in [0.1, 0.15) is 12.4 Å². The quantitative estimate of drug-likeness (QED) is 0.439. The van der Waals surface area contributed by atoms with Crippen molar-refractivity contribution in [2.24, 2.45) is 0 Å². The number of aryl methyl sites for hydroxylation is 1. The number of carbonyl (C=O) groups excluding carboxylic acids is 1. The van der Waals surface area contributed by atoms with Gasteiger partial charge in [-0.15, -0.1) is 0 Å². The van der Waals surface area contributed by atoms with E-state index >= 15 is 0 Å². The normalized spacial score (nSPS) is 10.5. The Morgan fingerprint density at radius 1 is 0.733 bits per heavy atom. The summed E-state index contributed by atoms with van der Waals surface area (Å²) in [6.45, 7) is 2.26. The highest BCUT2D eigenvalue weighted by atomic mass is 16.5. The maximum atomic E-state index is 11.9. The second kappa shape index (κ2) is 12.5. The Morgan fingerprint density at radius 2 is 1.40 bits per heavy atom. The highest BCUT2D eigenvalue weighted by Gasteiger charge is 2.02. The molecular formula is C26H30N2O2. The summed E-state index contributed by atoms with van der Waals surface area (Å²) in [4.78, 5) is 11.9. The minimum atomic E-state index is 0.0394. The summed E-state index contributed by atoms with van der Waals surface area (Å²) in [5.74, 6) is 0.883. The van der Waals surface area contributed by atoms with Crippen molar-refractivity contribution in [1.82, 2.24) is 10.6 Å². The van der Waals surface area contributed by atoms with Gasteiger partial charge in [0.15, 0.2) is 0 Å². The number of nitrogens with one attached hydrogen (secondary N) is 2. The number of amides is 1. The van der Waals surface area contributed by atoms with Gasteiger partial charge >= 0.3 is 0 Å². The molecule has 3 aromatic carbocycles. The number of rotatable bonds is 12. The predicted octanol–water partition coefficient (Wildman–Crippen LogP) is 4.49. The molecule has 3 rings (SSSR count). The second-order valence-electron chi connectivity index (χ2n) is 7.31. The Labute approximate surface area is 179 Å². The van der Waals surface area contributed by atoms with Crippen LogP contribution in [0.15, 0.2) is 84.9 Å². The first-order valence-electron chi connectivity index (χ1n) is 10.6. The standard InChI is InChI=1S/C26H30N2O2/c29-26(28-18-8-7-11-22-9-3-1-4-10-22)20-27-19-23-14-16-25(17-15-23)30-21-24-12-5-2-6-13-24/h1-6,9-10,12-17,27H,7-8,11,18-21H2,(H,28,29). The van der Waals surface area contributed by atoms with E-state index in [1.54, 1.807) is 0 Å². The largest absolute Gasteiger partial charge is 0.489 e. The Kier molecular flexibility index (Phi) is 8.96. The van der Waals surface area contributed by atoms with E-state index in [-0.39, 0.29) is 5.91 Å². The summed E-state index contributed by atoms with van der Waals surface area (Å²) in [5, 5.41) is 6.17. The number of carbonyl (C=O) groups is 1. The van der Waals surface area contributed by atoms with Crippen LogP contribution in [0, 0.1) is 0 Å². The molecule has 0 saturated heterocycles. The Bertz CT molecular complexity index is 865. The molecule has 0 aliphatic carbocycles. The Hall–Kier alpha value is -3.11. The van der Waals surface area contributed by atoms with Gasteiger partial charge in [-0.05, 0) is 48.1 Å². The van der Waals surface area contributed by atoms with Crippen molar-refractivity contribution in [3.8, 4) is 5.75 Å². The van der Waals surface area contributed by atoms with Crippen molar-refractivity contribution in [2.45, 2.75) is 32.4 Å². The van der Waals surface area contributed by atoms with Gasteiger partial charge in [0.2, 0.25) is 5.91 Å². The molecule has 0 aliphatic heterocycles. The first kappa shape index (κ1) is 21.6. The van der Waals surface area contributed by atoms with Crippen molar-refractivity contribution in [3.05, 3.63) is 102 Å². The molecule has 0 radical (unpaired) electrons. The van der Waals surface area contributed by atoms with Gasteiger partial charge in [0.05, 0.1) is 6.54 Å². The highest BCUT2D eigenvalue weighted by Crippen LogP contribution is 2.14. The van der Waals surface area contributed by atoms with E-state index in [9.17, 15) is 4.79 Å². The van der Waals surface area contributed by atoms with E-state index in [4.69, 9.17) is 4.74 Å². The van der Waals surface area contributed by atoms with E-state index in [0.717, 1.165) is 42.7 Å². The van der Waals surface area contributed by atoms with E-state index in [0.29, 0.717) is 19.7 Å². The molecule has 30 heavy (non-hydrogen) atoms. The van der Waals surface area contributed by atoms with Gasteiger partial charge < -0.3 is 15.4 Å². The molecule has 156 valence electrons. The van der Waals surface area contributed by atoms with Crippen LogP contribution >= 0.6 is 0 Å². The molecule has 1 amide bonds. The lowest BCUT2D eigenvalue weighted by Crippen LogP contribution is -2.34. The summed E-state index contributed by atoms with van der Waals surface area (Å²) in [5.41, 5.74) is 3.62. The lowest BCUT2D eigenvalue weighted by atomic mass is 10.1. The van der Waals surface area contributed by atoms with Gasteiger partial charge in [-0.3, -0.25) is 4.79 Å². The lowest BCUT2D eigenvalue weighted by Gasteiger charge is -2.09. The molecule has 3 aromatic rings. The SMILES string of the molecule is O=C(CNCc1ccc(OCc2ccccc2)cc1)NCCCCc1ccccc1. The zero-order valence-electron chi connectivity index (χ0n) is 17.3. The van der Waals surface area contributed by atoms with Gasteiger partial charge in [-0.25, -0.2) is 0 Å². The third-order valence-corrected chi connectivity index (χ3v) is 4.84. The molecule has 0 aromatic heterocycles. The van der Waals surface area contributed by atoms with Gasteiger partial charge in [-0.2, -0.15) is 0 Å². The van der Waals surface area contributed by atoms with Crippen LogP contribution in [0.2, 0.25) is 0 Å². The first-order chi connectivity index (χ1) is 14.8. The highest BCUT2D eigenvalue weighted by molar-refractivity contribution is 5.77. The predicted molar refractivity (Wildman–Crippen MR) is 121 cm³/mol. The fraction of sp³-hybridized carbons (Fsp3) is 0.269. The molecule has 0 unspecified atom stereocenters. The Balaban J connectivity index is 1.25. The van der Waals surface area contributed by atoms with Crippen LogP contribution in [0.5, 0.6) is 5.75 Å². The van der Waals surface area contributed by atoms with Crippen molar-refractivity contribution in [2.75, 3.05) is 13.1 Å². The van der Waals surface area contributed by atoms with Crippen LogP contribution in [0.4, 0.5) is 0 Å². The molecule has 0 heterocycles. The maximum Gasteiger partial charge on any atom is 0.233 e. The fourth-order valence-electron chi connectivity index (χ4n) is 3.15. The summed E-state index contributed by atoms with van der Waals surface area (Å²) in [6.07, 6.45) is 3.13. The molecule has 0 spiro atoms. The minimum absolute atomic E-state index is 0.0394. The third kappa shape index (κ3) is 8.10. The Morgan fingerprint density at radius 3 is 2.10 bits per heavy atom. The maximum absolute atomic E-state index is 11.9. The summed E-state index contributed by atoms with van der Waals surface area (Å²) in [7, 11) is 0. The van der Waals surface area contributed by atoms with Crippen molar-refractivity contribution in [1.29, 1.82) is 0 Å². The third-order valence-electron chi connectivity index (χ3n) is 4.84. The summed E-state index contributed by atoms with van der Waals surface area (Å²) >= 11 is 0. The minimum Gasteiger partial charge on any atom is -0.489 e. The van der Waals surface area contributed by atoms with Gasteiger partial charge in [0, 0.05) is 13.1 Å². The molecular weight excluding hydrogens is 372 g/mol. The van der Waals surface area contributed by atoms with Crippen LogP contribution in [0.1, 0.15) is 29.5 Å². The van der Waals surface area contributed by atoms with E-state index < -0.39 is 0 Å².